The highest BCUT2D eigenvalue weighted by atomic mass is 31.2. The van der Waals surface area contributed by atoms with E-state index in [1.54, 1.807) is 0 Å². The summed E-state index contributed by atoms with van der Waals surface area (Å²) >= 11 is 0. The Morgan fingerprint density at radius 2 is 1.67 bits per heavy atom. The minimum Gasteiger partial charge on any atom is -0.319 e. The van der Waals surface area contributed by atoms with E-state index in [9.17, 15) is 4.57 Å². The zero-order chi connectivity index (χ0) is 10.7. The quantitative estimate of drug-likeness (QED) is 0.698. The van der Waals surface area contributed by atoms with Gasteiger partial charge >= 0.3 is 0 Å². The molecule has 0 bridgehead atoms. The molecule has 0 saturated heterocycles. The monoisotopic (exact) mass is 222 g/mol. The van der Waals surface area contributed by atoms with Gasteiger partial charge in [-0.15, -0.1) is 0 Å². The van der Waals surface area contributed by atoms with Crippen LogP contribution < -0.4 is 5.30 Å². The standard InChI is InChI=1S/C13H19OP/c1-15(14,12-8-4-2-5-9-12)13-10-6-3-7-11-13/h2,4-5,8-9,13H,3,6-7,10-11H2,1H3/t15-/m0/s1. The Balaban J connectivity index is 2.22. The second-order valence-electron chi connectivity index (χ2n) is 4.62. The van der Waals surface area contributed by atoms with Crippen molar-refractivity contribution in [1.82, 2.24) is 0 Å². The predicted octanol–water partition coefficient (Wildman–Crippen LogP) is 3.64. The fourth-order valence-corrected chi connectivity index (χ4v) is 5.04. The molecule has 1 nitrogen and oxygen atoms in total. The van der Waals surface area contributed by atoms with Gasteiger partial charge in [-0.25, -0.2) is 0 Å². The van der Waals surface area contributed by atoms with Crippen LogP contribution in [0.15, 0.2) is 30.3 Å². The smallest absolute Gasteiger partial charge is 0.115 e. The Labute approximate surface area is 92.3 Å². The average Bonchev–Trinajstić information content (AvgIpc) is 2.31. The largest absolute Gasteiger partial charge is 0.319 e. The molecule has 0 spiro atoms. The molecule has 1 aromatic carbocycles. The molecule has 1 saturated carbocycles. The van der Waals surface area contributed by atoms with Crippen molar-refractivity contribution in [3.05, 3.63) is 30.3 Å². The zero-order valence-electron chi connectivity index (χ0n) is 9.36. The van der Waals surface area contributed by atoms with Crippen LogP contribution in [0.1, 0.15) is 32.1 Å². The number of hydrogen-bond donors (Lipinski definition) is 0. The predicted molar refractivity (Wildman–Crippen MR) is 66.5 cm³/mol. The van der Waals surface area contributed by atoms with E-state index >= 15 is 0 Å². The molecule has 2 rings (SSSR count). The van der Waals surface area contributed by atoms with Crippen LogP contribution in [-0.4, -0.2) is 12.3 Å². The van der Waals surface area contributed by atoms with Crippen LogP contribution >= 0.6 is 7.14 Å². The first-order valence-electron chi connectivity index (χ1n) is 5.84. The van der Waals surface area contributed by atoms with E-state index in [0.29, 0.717) is 5.66 Å². The zero-order valence-corrected chi connectivity index (χ0v) is 10.2. The van der Waals surface area contributed by atoms with Crippen molar-refractivity contribution in [2.75, 3.05) is 6.66 Å². The second-order valence-corrected chi connectivity index (χ2v) is 7.84. The normalized spacial score (nSPS) is 22.2. The number of hydrogen-bond acceptors (Lipinski definition) is 1. The van der Waals surface area contributed by atoms with E-state index in [1.807, 2.05) is 37.0 Å². The molecule has 1 aliphatic carbocycles. The van der Waals surface area contributed by atoms with E-state index < -0.39 is 7.14 Å². The van der Waals surface area contributed by atoms with Crippen LogP contribution in [0.4, 0.5) is 0 Å². The van der Waals surface area contributed by atoms with E-state index in [1.165, 1.54) is 19.3 Å². The topological polar surface area (TPSA) is 17.1 Å². The fourth-order valence-electron chi connectivity index (χ4n) is 2.51. The summed E-state index contributed by atoms with van der Waals surface area (Å²) < 4.78 is 12.8. The summed E-state index contributed by atoms with van der Waals surface area (Å²) in [5.41, 5.74) is 0.439. The highest BCUT2D eigenvalue weighted by Gasteiger charge is 2.30. The maximum absolute atomic E-state index is 12.8. The molecular weight excluding hydrogens is 203 g/mol. The first kappa shape index (κ1) is 11.0. The average molecular weight is 222 g/mol. The SMILES string of the molecule is C[P@](=O)(c1ccccc1)C1CCCCC1. The van der Waals surface area contributed by atoms with Crippen LogP contribution in [-0.2, 0) is 4.57 Å². The molecule has 0 unspecified atom stereocenters. The van der Waals surface area contributed by atoms with Crippen molar-refractivity contribution in [1.29, 1.82) is 0 Å². The molecule has 0 heterocycles. The third-order valence-corrected chi connectivity index (χ3v) is 6.77. The summed E-state index contributed by atoms with van der Waals surface area (Å²) in [7, 11) is -2.12. The minimum atomic E-state index is -2.12. The molecule has 0 radical (unpaired) electrons. The molecule has 1 aliphatic rings. The molecule has 15 heavy (non-hydrogen) atoms. The van der Waals surface area contributed by atoms with Gasteiger partial charge in [-0.05, 0) is 19.5 Å². The Morgan fingerprint density at radius 1 is 1.07 bits per heavy atom. The molecule has 0 amide bonds. The molecule has 1 aromatic rings. The third kappa shape index (κ3) is 2.34. The van der Waals surface area contributed by atoms with E-state index in [4.69, 9.17) is 0 Å². The third-order valence-electron chi connectivity index (χ3n) is 3.54. The lowest BCUT2D eigenvalue weighted by atomic mass is 10.0. The van der Waals surface area contributed by atoms with Gasteiger partial charge < -0.3 is 4.57 Å². The Bertz CT molecular complexity index is 352. The molecule has 2 heteroatoms. The molecule has 1 fully saturated rings. The van der Waals surface area contributed by atoms with Crippen molar-refractivity contribution in [2.24, 2.45) is 0 Å². The van der Waals surface area contributed by atoms with Crippen LogP contribution in [0.25, 0.3) is 0 Å². The van der Waals surface area contributed by atoms with Gasteiger partial charge in [0.05, 0.1) is 0 Å². The Kier molecular flexibility index (Phi) is 3.31. The maximum Gasteiger partial charge on any atom is 0.115 e. The Hall–Kier alpha value is -0.550. The van der Waals surface area contributed by atoms with Gasteiger partial charge in [-0.2, -0.15) is 0 Å². The molecule has 0 aromatic heterocycles. The van der Waals surface area contributed by atoms with Crippen molar-refractivity contribution in [3.8, 4) is 0 Å². The van der Waals surface area contributed by atoms with Gasteiger partial charge in [-0.1, -0.05) is 49.6 Å². The highest BCUT2D eigenvalue weighted by Crippen LogP contribution is 2.51. The fraction of sp³-hybridized carbons (Fsp3) is 0.538. The van der Waals surface area contributed by atoms with Gasteiger partial charge in [0.15, 0.2) is 0 Å². The van der Waals surface area contributed by atoms with Crippen LogP contribution in [0, 0.1) is 0 Å². The lowest BCUT2D eigenvalue weighted by Crippen LogP contribution is -2.19. The lowest BCUT2D eigenvalue weighted by molar-refractivity contribution is 0.488. The van der Waals surface area contributed by atoms with Crippen molar-refractivity contribution >= 4 is 12.4 Å². The van der Waals surface area contributed by atoms with Crippen molar-refractivity contribution in [2.45, 2.75) is 37.8 Å². The highest BCUT2D eigenvalue weighted by molar-refractivity contribution is 7.71. The van der Waals surface area contributed by atoms with Gasteiger partial charge in [0.2, 0.25) is 0 Å². The number of benzene rings is 1. The van der Waals surface area contributed by atoms with E-state index in [2.05, 4.69) is 0 Å². The molecule has 82 valence electrons. The van der Waals surface area contributed by atoms with Gasteiger partial charge in [0.25, 0.3) is 0 Å². The van der Waals surface area contributed by atoms with Crippen LogP contribution in [0.5, 0.6) is 0 Å². The summed E-state index contributed by atoms with van der Waals surface area (Å²) in [4.78, 5) is 0. The first-order valence-corrected chi connectivity index (χ1v) is 8.06. The molecular formula is C13H19OP. The summed E-state index contributed by atoms with van der Waals surface area (Å²) in [5.74, 6) is 0. The summed E-state index contributed by atoms with van der Waals surface area (Å²) in [6.45, 7) is 1.97. The van der Waals surface area contributed by atoms with Crippen LogP contribution in [0.3, 0.4) is 0 Å². The maximum atomic E-state index is 12.8. The van der Waals surface area contributed by atoms with Crippen molar-refractivity contribution < 1.29 is 4.57 Å². The van der Waals surface area contributed by atoms with Gasteiger partial charge in [-0.3, -0.25) is 0 Å². The van der Waals surface area contributed by atoms with E-state index in [-0.39, 0.29) is 0 Å². The molecule has 0 N–H and O–H groups in total. The minimum absolute atomic E-state index is 0.439. The summed E-state index contributed by atoms with van der Waals surface area (Å²) in [6.07, 6.45) is 6.15. The first-order chi connectivity index (χ1) is 7.21. The summed E-state index contributed by atoms with van der Waals surface area (Å²) in [6, 6.07) is 10.0. The van der Waals surface area contributed by atoms with Crippen molar-refractivity contribution in [3.63, 3.8) is 0 Å². The van der Waals surface area contributed by atoms with Gasteiger partial charge in [0, 0.05) is 11.0 Å². The van der Waals surface area contributed by atoms with Crippen LogP contribution in [0.2, 0.25) is 0 Å². The van der Waals surface area contributed by atoms with E-state index in [0.717, 1.165) is 18.1 Å². The molecule has 1 atom stereocenters. The second kappa shape index (κ2) is 4.53. The van der Waals surface area contributed by atoms with Gasteiger partial charge in [0.1, 0.15) is 7.14 Å². The Morgan fingerprint density at radius 3 is 2.27 bits per heavy atom. The molecule has 0 aliphatic heterocycles. The lowest BCUT2D eigenvalue weighted by Gasteiger charge is -2.28. The summed E-state index contributed by atoms with van der Waals surface area (Å²) in [5, 5.41) is 1.07. The number of rotatable bonds is 2.